The lowest BCUT2D eigenvalue weighted by Gasteiger charge is -2.46. The van der Waals surface area contributed by atoms with Gasteiger partial charge >= 0.3 is 24.2 Å². The van der Waals surface area contributed by atoms with Crippen molar-refractivity contribution in [2.45, 2.75) is 39.2 Å². The van der Waals surface area contributed by atoms with Crippen LogP contribution in [-0.2, 0) is 20.8 Å². The fourth-order valence-corrected chi connectivity index (χ4v) is 4.51. The second-order valence-electron chi connectivity index (χ2n) is 8.53. The smallest absolute Gasteiger partial charge is 0.436 e. The molecule has 214 valence electrons. The van der Waals surface area contributed by atoms with E-state index in [1.165, 1.54) is 29.4 Å². The Morgan fingerprint density at radius 3 is 2.15 bits per heavy atom. The highest BCUT2D eigenvalue weighted by atomic mass is 19.4. The average molecular weight is 561 g/mol. The molecule has 0 radical (unpaired) electrons. The number of ether oxygens (including phenoxy) is 2. The fraction of sp³-hybridized carbons (Fsp3) is 0.500. The molecule has 1 aromatic heterocycles. The van der Waals surface area contributed by atoms with Crippen LogP contribution in [0.15, 0.2) is 23.1 Å². The molecule has 1 aliphatic heterocycles. The minimum Gasteiger partial charge on any atom is -0.477 e. The van der Waals surface area contributed by atoms with Crippen LogP contribution in [0.3, 0.4) is 0 Å². The Bertz CT molecular complexity index is 1320. The first-order chi connectivity index (χ1) is 18.3. The predicted octanol–water partition coefficient (Wildman–Crippen LogP) is 2.55. The number of aromatic carboxylic acids is 1. The van der Waals surface area contributed by atoms with Gasteiger partial charge < -0.3 is 24.0 Å². The number of carbonyl (C=O) groups is 3. The Balaban J connectivity index is 1.99. The first kappa shape index (κ1) is 29.7. The lowest BCUT2D eigenvalue weighted by Crippen LogP contribution is -2.75. The number of carbonyl (C=O) groups excluding carboxylic acids is 2. The number of anilines is 1. The second-order valence-corrected chi connectivity index (χ2v) is 8.53. The molecule has 0 bridgehead atoms. The third-order valence-corrected chi connectivity index (χ3v) is 6.35. The van der Waals surface area contributed by atoms with Crippen LogP contribution in [0.2, 0.25) is 0 Å². The Hall–Kier alpha value is -3.88. The first-order valence-corrected chi connectivity index (χ1v) is 12.1. The number of benzene rings is 1. The van der Waals surface area contributed by atoms with Crippen LogP contribution in [0.1, 0.15) is 31.1 Å². The maximum absolute atomic E-state index is 15.2. The number of pyridine rings is 1. The highest BCUT2D eigenvalue weighted by molar-refractivity contribution is 5.93. The van der Waals surface area contributed by atoms with Crippen molar-refractivity contribution in [1.82, 2.24) is 14.8 Å². The Morgan fingerprint density at radius 2 is 1.64 bits per heavy atom. The monoisotopic (exact) mass is 560 g/mol. The lowest BCUT2D eigenvalue weighted by molar-refractivity contribution is -0.248. The van der Waals surface area contributed by atoms with E-state index >= 15 is 4.39 Å². The summed E-state index contributed by atoms with van der Waals surface area (Å²) in [5.41, 5.74) is -4.72. The maximum atomic E-state index is 15.2. The summed E-state index contributed by atoms with van der Waals surface area (Å²) in [6.07, 6.45) is -5.63. The summed E-state index contributed by atoms with van der Waals surface area (Å²) in [6.45, 7) is 2.74. The van der Waals surface area contributed by atoms with Crippen LogP contribution < -0.4 is 15.6 Å². The molecular formula is C24H28F4N4O7. The summed E-state index contributed by atoms with van der Waals surface area (Å²) in [5.74, 6) is -4.08. The molecule has 3 rings (SSSR count). The van der Waals surface area contributed by atoms with Gasteiger partial charge in [0.2, 0.25) is 5.43 Å². The van der Waals surface area contributed by atoms with Crippen LogP contribution >= 0.6 is 0 Å². The predicted molar refractivity (Wildman–Crippen MR) is 130 cm³/mol. The molecule has 0 spiro atoms. The van der Waals surface area contributed by atoms with Crippen molar-refractivity contribution in [3.05, 3.63) is 39.9 Å². The molecule has 1 aromatic carbocycles. The summed E-state index contributed by atoms with van der Waals surface area (Å²) in [4.78, 5) is 50.9. The van der Waals surface area contributed by atoms with Gasteiger partial charge in [-0.3, -0.25) is 15.0 Å². The number of halogens is 4. The molecule has 0 saturated carbocycles. The zero-order valence-electron chi connectivity index (χ0n) is 21.4. The number of hydrogen-bond donors (Lipinski definition) is 2. The Kier molecular flexibility index (Phi) is 8.73. The number of aromatic nitrogens is 1. The molecule has 39 heavy (non-hydrogen) atoms. The van der Waals surface area contributed by atoms with Gasteiger partial charge in [0.1, 0.15) is 11.4 Å². The minimum absolute atomic E-state index is 0.0288. The highest BCUT2D eigenvalue weighted by Crippen LogP contribution is 2.37. The van der Waals surface area contributed by atoms with E-state index in [-0.39, 0.29) is 49.4 Å². The zero-order valence-corrected chi connectivity index (χ0v) is 21.4. The minimum atomic E-state index is -5.30. The number of hydrogen-bond acceptors (Lipinski definition) is 8. The average Bonchev–Trinajstić information content (AvgIpc) is 2.87. The molecule has 0 aliphatic carbocycles. The molecule has 2 aromatic rings. The number of amides is 1. The van der Waals surface area contributed by atoms with Crippen LogP contribution in [-0.4, -0.2) is 83.8 Å². The number of nitrogens with zero attached hydrogens (tertiary/aromatic N) is 3. The number of alkyl halides is 3. The van der Waals surface area contributed by atoms with Crippen LogP contribution in [0, 0.1) is 5.82 Å². The second kappa shape index (κ2) is 11.5. The van der Waals surface area contributed by atoms with Crippen molar-refractivity contribution < 1.29 is 46.5 Å². The van der Waals surface area contributed by atoms with E-state index in [0.29, 0.717) is 4.90 Å². The summed E-state index contributed by atoms with van der Waals surface area (Å²) in [5, 5.41) is 10.8. The van der Waals surface area contributed by atoms with E-state index in [1.54, 1.807) is 12.2 Å². The number of rotatable bonds is 8. The molecular weight excluding hydrogens is 532 g/mol. The number of piperazine rings is 1. The van der Waals surface area contributed by atoms with Crippen molar-refractivity contribution in [2.24, 2.45) is 0 Å². The SMILES string of the molecule is CCOC(=O)NC(C(=O)OCC)(N1CCN(c2cc3c(cc2F)c(=O)c(C(=O)O)cn3CC)CC1)C(F)(F)F. The summed E-state index contributed by atoms with van der Waals surface area (Å²) < 4.78 is 69.3. The highest BCUT2D eigenvalue weighted by Gasteiger charge is 2.67. The van der Waals surface area contributed by atoms with Gasteiger partial charge in [0, 0.05) is 44.3 Å². The maximum Gasteiger partial charge on any atom is 0.436 e. The van der Waals surface area contributed by atoms with Gasteiger partial charge in [0.25, 0.3) is 5.66 Å². The molecule has 1 saturated heterocycles. The van der Waals surface area contributed by atoms with E-state index in [2.05, 4.69) is 9.47 Å². The molecule has 15 heteroatoms. The largest absolute Gasteiger partial charge is 0.477 e. The van der Waals surface area contributed by atoms with Crippen molar-refractivity contribution in [1.29, 1.82) is 0 Å². The normalized spacial score (nSPS) is 16.0. The number of esters is 1. The third kappa shape index (κ3) is 5.48. The van der Waals surface area contributed by atoms with Gasteiger partial charge in [-0.1, -0.05) is 0 Å². The van der Waals surface area contributed by atoms with Crippen LogP contribution in [0.5, 0.6) is 0 Å². The van der Waals surface area contributed by atoms with E-state index in [4.69, 9.17) is 0 Å². The lowest BCUT2D eigenvalue weighted by atomic mass is 10.1. The van der Waals surface area contributed by atoms with E-state index in [9.17, 15) is 37.5 Å². The summed E-state index contributed by atoms with van der Waals surface area (Å²) >= 11 is 0. The van der Waals surface area contributed by atoms with Gasteiger partial charge in [0.15, 0.2) is 0 Å². The van der Waals surface area contributed by atoms with Crippen LogP contribution in [0.25, 0.3) is 10.9 Å². The van der Waals surface area contributed by atoms with Gasteiger partial charge in [-0.15, -0.1) is 0 Å². The fourth-order valence-electron chi connectivity index (χ4n) is 4.51. The van der Waals surface area contributed by atoms with E-state index in [1.807, 2.05) is 0 Å². The molecule has 1 aliphatic rings. The standard InChI is InChI=1S/C24H28F4N4O7/c1-4-30-13-15(20(34)35)19(33)14-11-16(25)18(12-17(14)30)31-7-9-32(10-8-31)23(24(26,27)28,21(36)38-5-2)29-22(37)39-6-3/h11-13H,4-10H2,1-3H3,(H,29,37)(H,34,35). The number of aryl methyl sites for hydroxylation is 1. The van der Waals surface area contributed by atoms with E-state index < -0.39 is 59.8 Å². The van der Waals surface area contributed by atoms with Crippen molar-refractivity contribution in [3.63, 3.8) is 0 Å². The number of nitrogens with one attached hydrogen (secondary N) is 1. The van der Waals surface area contributed by atoms with Gasteiger partial charge in [-0.2, -0.15) is 13.2 Å². The van der Waals surface area contributed by atoms with Crippen LogP contribution in [0.4, 0.5) is 28.0 Å². The van der Waals surface area contributed by atoms with Crippen molar-refractivity contribution in [2.75, 3.05) is 44.3 Å². The third-order valence-electron chi connectivity index (χ3n) is 6.35. The van der Waals surface area contributed by atoms with Crippen molar-refractivity contribution in [3.8, 4) is 0 Å². The van der Waals surface area contributed by atoms with Gasteiger partial charge in [-0.05, 0) is 32.9 Å². The molecule has 1 amide bonds. The molecule has 1 atom stereocenters. The number of carboxylic acid groups (broad SMARTS) is 1. The summed E-state index contributed by atoms with van der Waals surface area (Å²) in [7, 11) is 0. The molecule has 11 nitrogen and oxygen atoms in total. The van der Waals surface area contributed by atoms with E-state index in [0.717, 1.165) is 12.3 Å². The molecule has 2 heterocycles. The quantitative estimate of drug-likeness (QED) is 0.370. The zero-order chi connectivity index (χ0) is 29.1. The Labute approximate surface area is 219 Å². The summed E-state index contributed by atoms with van der Waals surface area (Å²) in [6, 6.07) is 2.23. The van der Waals surface area contributed by atoms with Crippen molar-refractivity contribution >= 4 is 34.6 Å². The topological polar surface area (TPSA) is 130 Å². The Morgan fingerprint density at radius 1 is 1.03 bits per heavy atom. The van der Waals surface area contributed by atoms with Gasteiger partial charge in [-0.25, -0.2) is 18.8 Å². The molecule has 1 fully saturated rings. The number of carboxylic acids is 1. The number of alkyl carbamates (subject to hydrolysis) is 1. The number of fused-ring (bicyclic) bond motifs is 1. The molecule has 2 N–H and O–H groups in total. The van der Waals surface area contributed by atoms with Gasteiger partial charge in [0.05, 0.1) is 24.4 Å². The first-order valence-electron chi connectivity index (χ1n) is 12.1. The molecule has 1 unspecified atom stereocenters.